The maximum atomic E-state index is 15.7. The number of imidazole rings is 1. The Balaban J connectivity index is 1.40. The van der Waals surface area contributed by atoms with Crippen molar-refractivity contribution >= 4 is 5.65 Å². The second-order valence-corrected chi connectivity index (χ2v) is 12.1. The van der Waals surface area contributed by atoms with E-state index in [4.69, 9.17) is 14.3 Å². The Kier molecular flexibility index (Phi) is 7.75. The Bertz CT molecular complexity index is 2320. The molecule has 246 valence electrons. The lowest BCUT2D eigenvalue weighted by Crippen LogP contribution is -2.38. The first-order valence-corrected chi connectivity index (χ1v) is 16.1. The van der Waals surface area contributed by atoms with Crippen molar-refractivity contribution in [3.05, 3.63) is 168 Å². The fraction of sp³-hybridized carbons (Fsp3) is 0.100. The first-order valence-electron chi connectivity index (χ1n) is 16.1. The number of rotatable bonds is 9. The fourth-order valence-electron chi connectivity index (χ4n) is 6.43. The largest absolute Gasteiger partial charge is 0.446 e. The van der Waals surface area contributed by atoms with E-state index in [1.165, 1.54) is 12.1 Å². The molecular weight excluding hydrogens is 634 g/mol. The van der Waals surface area contributed by atoms with Gasteiger partial charge in [-0.1, -0.05) is 96.1 Å². The average molecular weight is 665 g/mol. The van der Waals surface area contributed by atoms with Crippen molar-refractivity contribution in [1.82, 2.24) is 29.4 Å². The number of fused-ring (bicyclic) bond motifs is 1. The molecule has 8 aromatic rings. The highest BCUT2D eigenvalue weighted by molar-refractivity contribution is 5.81. The van der Waals surface area contributed by atoms with E-state index in [-0.39, 0.29) is 23.6 Å². The van der Waals surface area contributed by atoms with Gasteiger partial charge in [-0.05, 0) is 54.8 Å². The van der Waals surface area contributed by atoms with E-state index in [1.54, 1.807) is 6.20 Å². The molecule has 8 rings (SSSR count). The molecule has 0 aliphatic rings. The molecule has 10 heteroatoms. The van der Waals surface area contributed by atoms with Crippen LogP contribution < -0.4 is 4.74 Å². The predicted octanol–water partition coefficient (Wildman–Crippen LogP) is 8.82. The third-order valence-corrected chi connectivity index (χ3v) is 8.60. The molecule has 0 aliphatic carbocycles. The van der Waals surface area contributed by atoms with Crippen molar-refractivity contribution in [2.75, 3.05) is 0 Å². The molecule has 0 saturated heterocycles. The van der Waals surface area contributed by atoms with E-state index in [0.717, 1.165) is 22.8 Å². The molecule has 0 bridgehead atoms. The molecule has 8 nitrogen and oxygen atoms in total. The first kappa shape index (κ1) is 30.9. The zero-order valence-electron chi connectivity index (χ0n) is 27.1. The van der Waals surface area contributed by atoms with Gasteiger partial charge in [0.05, 0.1) is 12.3 Å². The highest BCUT2D eigenvalue weighted by atomic mass is 19.1. The second-order valence-electron chi connectivity index (χ2n) is 12.1. The lowest BCUT2D eigenvalue weighted by Gasteiger charge is -2.36. The van der Waals surface area contributed by atoms with Crippen LogP contribution in [0.4, 0.5) is 8.78 Å². The molecule has 0 saturated carbocycles. The Labute approximate surface area is 286 Å². The standard InChI is InChI=1S/C40H30F2N6O2/c1-26(2)49-39-45-44-38(50-39)35-23-43-36-21-18-27(24-47(35)36)33-25-48(46-37(33)32-20-19-31(41)22-34(32)42)40(28-12-6-3-7-13-28,29-14-8-4-9-15-29)30-16-10-5-11-17-30/h3-26H,1-2H3. The number of aromatic nitrogens is 6. The molecule has 0 N–H and O–H groups in total. The number of benzene rings is 4. The lowest BCUT2D eigenvalue weighted by molar-refractivity contribution is 0.177. The summed E-state index contributed by atoms with van der Waals surface area (Å²) < 4.78 is 45.1. The summed E-state index contributed by atoms with van der Waals surface area (Å²) in [6, 6.07) is 37.5. The summed E-state index contributed by atoms with van der Waals surface area (Å²) in [6.45, 7) is 3.74. The lowest BCUT2D eigenvalue weighted by atomic mass is 9.77. The first-order chi connectivity index (χ1) is 24.4. The van der Waals surface area contributed by atoms with E-state index >= 15 is 4.39 Å². The Hall–Kier alpha value is -6.42. The van der Waals surface area contributed by atoms with E-state index in [2.05, 4.69) is 51.6 Å². The van der Waals surface area contributed by atoms with Gasteiger partial charge in [-0.15, -0.1) is 5.10 Å². The van der Waals surface area contributed by atoms with E-state index in [1.807, 2.05) is 102 Å². The summed E-state index contributed by atoms with van der Waals surface area (Å²) in [7, 11) is 0. The molecule has 0 radical (unpaired) electrons. The summed E-state index contributed by atoms with van der Waals surface area (Å²) in [5, 5.41) is 13.4. The Morgan fingerprint density at radius 1 is 0.720 bits per heavy atom. The van der Waals surface area contributed by atoms with Crippen LogP contribution in [-0.4, -0.2) is 35.5 Å². The molecule has 4 aromatic heterocycles. The second kappa shape index (κ2) is 12.6. The van der Waals surface area contributed by atoms with Gasteiger partial charge in [0, 0.05) is 35.2 Å². The molecular formula is C40H30F2N6O2. The van der Waals surface area contributed by atoms with Crippen molar-refractivity contribution in [2.24, 2.45) is 0 Å². The summed E-state index contributed by atoms with van der Waals surface area (Å²) in [6.07, 6.45) is 5.33. The summed E-state index contributed by atoms with van der Waals surface area (Å²) in [4.78, 5) is 4.54. The van der Waals surface area contributed by atoms with Crippen LogP contribution >= 0.6 is 0 Å². The van der Waals surface area contributed by atoms with Gasteiger partial charge in [0.15, 0.2) is 0 Å². The maximum absolute atomic E-state index is 15.7. The molecule has 0 atom stereocenters. The maximum Gasteiger partial charge on any atom is 0.415 e. The van der Waals surface area contributed by atoms with Gasteiger partial charge < -0.3 is 9.15 Å². The Morgan fingerprint density at radius 3 is 1.96 bits per heavy atom. The van der Waals surface area contributed by atoms with Crippen LogP contribution in [0.3, 0.4) is 0 Å². The van der Waals surface area contributed by atoms with Gasteiger partial charge in [-0.3, -0.25) is 9.08 Å². The van der Waals surface area contributed by atoms with Crippen LogP contribution in [0.25, 0.3) is 39.6 Å². The van der Waals surface area contributed by atoms with Crippen LogP contribution in [0.5, 0.6) is 6.08 Å². The summed E-state index contributed by atoms with van der Waals surface area (Å²) >= 11 is 0. The van der Waals surface area contributed by atoms with Gasteiger partial charge in [-0.2, -0.15) is 5.10 Å². The van der Waals surface area contributed by atoms with Crippen molar-refractivity contribution in [2.45, 2.75) is 25.5 Å². The molecule has 0 aliphatic heterocycles. The topological polar surface area (TPSA) is 83.3 Å². The monoisotopic (exact) mass is 664 g/mol. The molecule has 0 spiro atoms. The highest BCUT2D eigenvalue weighted by Crippen LogP contribution is 2.43. The third-order valence-electron chi connectivity index (χ3n) is 8.60. The summed E-state index contributed by atoms with van der Waals surface area (Å²) in [5.74, 6) is -1.18. The molecule has 0 unspecified atom stereocenters. The van der Waals surface area contributed by atoms with Crippen LogP contribution in [0, 0.1) is 11.6 Å². The van der Waals surface area contributed by atoms with Crippen molar-refractivity contribution in [3.8, 4) is 40.0 Å². The zero-order chi connectivity index (χ0) is 34.2. The van der Waals surface area contributed by atoms with Gasteiger partial charge in [0.1, 0.15) is 34.2 Å². The zero-order valence-corrected chi connectivity index (χ0v) is 27.1. The van der Waals surface area contributed by atoms with Crippen LogP contribution in [0.1, 0.15) is 30.5 Å². The number of pyridine rings is 1. The van der Waals surface area contributed by atoms with Crippen LogP contribution in [0.2, 0.25) is 0 Å². The smallest absolute Gasteiger partial charge is 0.415 e. The fourth-order valence-corrected chi connectivity index (χ4v) is 6.43. The predicted molar refractivity (Wildman–Crippen MR) is 185 cm³/mol. The average Bonchev–Trinajstić information content (AvgIpc) is 3.89. The number of hydrogen-bond acceptors (Lipinski definition) is 6. The number of nitrogens with zero attached hydrogens (tertiary/aromatic N) is 6. The minimum absolute atomic E-state index is 0.0514. The SMILES string of the molecule is CC(C)Oc1nnc(-c2cnc3ccc(-c4cn(C(c5ccccc5)(c5ccccc5)c5ccccc5)nc4-c4ccc(F)cc4F)cn23)o1. The minimum atomic E-state index is -0.978. The van der Waals surface area contributed by atoms with Gasteiger partial charge in [0.25, 0.3) is 5.89 Å². The summed E-state index contributed by atoms with van der Waals surface area (Å²) in [5.41, 5.74) is 4.82. The van der Waals surface area contributed by atoms with Crippen molar-refractivity contribution < 1.29 is 17.9 Å². The molecule has 4 aromatic carbocycles. The van der Waals surface area contributed by atoms with Crippen molar-refractivity contribution in [3.63, 3.8) is 0 Å². The normalized spacial score (nSPS) is 11.8. The highest BCUT2D eigenvalue weighted by Gasteiger charge is 2.40. The molecule has 0 fully saturated rings. The quantitative estimate of drug-likeness (QED) is 0.144. The number of hydrogen-bond donors (Lipinski definition) is 0. The van der Waals surface area contributed by atoms with E-state index in [0.29, 0.717) is 28.2 Å². The van der Waals surface area contributed by atoms with E-state index < -0.39 is 17.2 Å². The Morgan fingerprint density at radius 2 is 1.36 bits per heavy atom. The van der Waals surface area contributed by atoms with Gasteiger partial charge in [-0.25, -0.2) is 13.8 Å². The molecule has 0 amide bonds. The van der Waals surface area contributed by atoms with Gasteiger partial charge in [0.2, 0.25) is 0 Å². The number of halogens is 2. The van der Waals surface area contributed by atoms with E-state index in [9.17, 15) is 4.39 Å². The molecule has 50 heavy (non-hydrogen) atoms. The third kappa shape index (κ3) is 5.31. The van der Waals surface area contributed by atoms with Crippen molar-refractivity contribution in [1.29, 1.82) is 0 Å². The van der Waals surface area contributed by atoms with Crippen LogP contribution in [-0.2, 0) is 5.54 Å². The van der Waals surface area contributed by atoms with Gasteiger partial charge >= 0.3 is 6.08 Å². The number of ether oxygens (including phenoxy) is 1. The molecule has 4 heterocycles. The van der Waals surface area contributed by atoms with Crippen LogP contribution in [0.15, 0.2) is 144 Å². The minimum Gasteiger partial charge on any atom is -0.446 e.